The summed E-state index contributed by atoms with van der Waals surface area (Å²) in [4.78, 5) is 0.651. The zero-order valence-corrected chi connectivity index (χ0v) is 14.5. The largest absolute Gasteiger partial charge is 0.489 e. The minimum absolute atomic E-state index is 0.394. The van der Waals surface area contributed by atoms with Gasteiger partial charge in [-0.15, -0.1) is 0 Å². The summed E-state index contributed by atoms with van der Waals surface area (Å²) in [5.41, 5.74) is 1.62. The lowest BCUT2D eigenvalue weighted by molar-refractivity contribution is -0.0604. The molecule has 1 nitrogen and oxygen atoms in total. The molecule has 2 aliphatic carbocycles. The molecule has 104 valence electrons. The number of aryl methyl sites for hydroxylation is 1. The molecule has 0 heterocycles. The first-order chi connectivity index (χ1) is 9.12. The number of ether oxygens (including phenoxy) is 1. The molecule has 0 N–H and O–H groups in total. The molecule has 1 aromatic rings. The Balaban J connectivity index is 1.78. The van der Waals surface area contributed by atoms with E-state index in [1.165, 1.54) is 37.7 Å². The summed E-state index contributed by atoms with van der Waals surface area (Å²) >= 11 is 7.41. The topological polar surface area (TPSA) is 9.23 Å². The van der Waals surface area contributed by atoms with Crippen LogP contribution >= 0.6 is 31.9 Å². The fraction of sp³-hybridized carbons (Fsp3) is 0.625. The van der Waals surface area contributed by atoms with Gasteiger partial charge < -0.3 is 4.74 Å². The zero-order valence-electron chi connectivity index (χ0n) is 11.3. The number of halogens is 2. The fourth-order valence-electron chi connectivity index (χ4n) is 3.56. The molecular formula is C16H20Br2O. The van der Waals surface area contributed by atoms with Crippen LogP contribution in [0.1, 0.15) is 44.1 Å². The normalized spacial score (nSPS) is 29.0. The lowest BCUT2D eigenvalue weighted by atomic mass is 9.58. The van der Waals surface area contributed by atoms with Crippen molar-refractivity contribution >= 4 is 31.9 Å². The molecule has 0 aromatic heterocycles. The Hall–Kier alpha value is -0.0200. The second-order valence-corrected chi connectivity index (χ2v) is 8.03. The van der Waals surface area contributed by atoms with E-state index in [1.807, 2.05) is 0 Å². The molecule has 3 heteroatoms. The van der Waals surface area contributed by atoms with Crippen LogP contribution in [-0.2, 0) is 0 Å². The third-order valence-electron chi connectivity index (χ3n) is 4.89. The Morgan fingerprint density at radius 3 is 2.63 bits per heavy atom. The van der Waals surface area contributed by atoms with Gasteiger partial charge in [-0.2, -0.15) is 0 Å². The SMILES string of the molecule is Cc1ccc(Br)cc1OC1CC(Br)C12CCCCC2. The van der Waals surface area contributed by atoms with Gasteiger partial charge >= 0.3 is 0 Å². The molecule has 1 aromatic carbocycles. The van der Waals surface area contributed by atoms with Gasteiger partial charge in [0.15, 0.2) is 0 Å². The predicted octanol–water partition coefficient (Wildman–Crippen LogP) is 5.62. The lowest BCUT2D eigenvalue weighted by Crippen LogP contribution is -2.57. The summed E-state index contributed by atoms with van der Waals surface area (Å²) in [5.74, 6) is 1.05. The third-order valence-corrected chi connectivity index (χ3v) is 6.67. The first-order valence-electron chi connectivity index (χ1n) is 7.19. The highest BCUT2D eigenvalue weighted by Crippen LogP contribution is 2.56. The van der Waals surface area contributed by atoms with Crippen molar-refractivity contribution in [2.45, 2.75) is 56.4 Å². The van der Waals surface area contributed by atoms with Crippen molar-refractivity contribution in [3.05, 3.63) is 28.2 Å². The third kappa shape index (κ3) is 2.49. The molecule has 3 rings (SSSR count). The molecule has 0 aliphatic heterocycles. The van der Waals surface area contributed by atoms with Gasteiger partial charge in [-0.1, -0.05) is 57.2 Å². The van der Waals surface area contributed by atoms with Gasteiger partial charge in [-0.05, 0) is 43.9 Å². The van der Waals surface area contributed by atoms with Gasteiger partial charge in [0.1, 0.15) is 11.9 Å². The van der Waals surface area contributed by atoms with E-state index in [4.69, 9.17) is 4.74 Å². The lowest BCUT2D eigenvalue weighted by Gasteiger charge is -2.55. The quantitative estimate of drug-likeness (QED) is 0.598. The minimum atomic E-state index is 0.394. The van der Waals surface area contributed by atoms with E-state index in [2.05, 4.69) is 57.0 Å². The highest BCUT2D eigenvalue weighted by molar-refractivity contribution is 9.10. The fourth-order valence-corrected chi connectivity index (χ4v) is 5.00. The monoisotopic (exact) mass is 386 g/mol. The average molecular weight is 388 g/mol. The molecular weight excluding hydrogens is 368 g/mol. The van der Waals surface area contributed by atoms with Crippen LogP contribution in [0.2, 0.25) is 0 Å². The molecule has 0 bridgehead atoms. The summed E-state index contributed by atoms with van der Waals surface area (Å²) in [7, 11) is 0. The van der Waals surface area contributed by atoms with E-state index >= 15 is 0 Å². The standard InChI is InChI=1S/C16H20Br2O/c1-11-5-6-12(17)9-13(11)19-15-10-14(18)16(15)7-3-2-4-8-16/h5-6,9,14-15H,2-4,7-8,10H2,1H3. The Kier molecular flexibility index (Phi) is 3.96. The Bertz CT molecular complexity index is 466. The van der Waals surface area contributed by atoms with Gasteiger partial charge in [-0.25, -0.2) is 0 Å². The maximum Gasteiger partial charge on any atom is 0.123 e. The predicted molar refractivity (Wildman–Crippen MR) is 86.1 cm³/mol. The number of hydrogen-bond acceptors (Lipinski definition) is 1. The maximum absolute atomic E-state index is 6.37. The van der Waals surface area contributed by atoms with Crippen molar-refractivity contribution in [1.82, 2.24) is 0 Å². The molecule has 1 spiro atoms. The first-order valence-corrected chi connectivity index (χ1v) is 8.89. The van der Waals surface area contributed by atoms with Crippen molar-refractivity contribution in [1.29, 1.82) is 0 Å². The first kappa shape index (κ1) is 13.9. The van der Waals surface area contributed by atoms with Crippen LogP contribution in [0.3, 0.4) is 0 Å². The van der Waals surface area contributed by atoms with Gasteiger partial charge in [0, 0.05) is 14.7 Å². The van der Waals surface area contributed by atoms with Gasteiger partial charge in [0.25, 0.3) is 0 Å². The van der Waals surface area contributed by atoms with E-state index < -0.39 is 0 Å². The molecule has 2 unspecified atom stereocenters. The van der Waals surface area contributed by atoms with Crippen LogP contribution in [0, 0.1) is 12.3 Å². The highest BCUT2D eigenvalue weighted by Gasteiger charge is 2.55. The molecule has 0 amide bonds. The van der Waals surface area contributed by atoms with Gasteiger partial charge in [0.2, 0.25) is 0 Å². The van der Waals surface area contributed by atoms with Crippen molar-refractivity contribution in [2.24, 2.45) is 5.41 Å². The Labute approximate surface area is 132 Å². The highest BCUT2D eigenvalue weighted by atomic mass is 79.9. The van der Waals surface area contributed by atoms with Crippen LogP contribution in [0.5, 0.6) is 5.75 Å². The van der Waals surface area contributed by atoms with Crippen molar-refractivity contribution < 1.29 is 4.74 Å². The number of rotatable bonds is 2. The molecule has 0 saturated heterocycles. The zero-order chi connectivity index (χ0) is 13.5. The van der Waals surface area contributed by atoms with Crippen molar-refractivity contribution in [3.8, 4) is 5.75 Å². The maximum atomic E-state index is 6.37. The van der Waals surface area contributed by atoms with Crippen LogP contribution < -0.4 is 4.74 Å². The second-order valence-electron chi connectivity index (χ2n) is 6.01. The molecule has 2 aliphatic rings. The number of benzene rings is 1. The number of hydrogen-bond donors (Lipinski definition) is 0. The van der Waals surface area contributed by atoms with Crippen LogP contribution in [-0.4, -0.2) is 10.9 Å². The van der Waals surface area contributed by atoms with Crippen molar-refractivity contribution in [2.75, 3.05) is 0 Å². The molecule has 2 fully saturated rings. The smallest absolute Gasteiger partial charge is 0.123 e. The summed E-state index contributed by atoms with van der Waals surface area (Å²) in [6.45, 7) is 2.12. The van der Waals surface area contributed by atoms with Crippen LogP contribution in [0.15, 0.2) is 22.7 Å². The summed E-state index contributed by atoms with van der Waals surface area (Å²) in [6.07, 6.45) is 8.29. The van der Waals surface area contributed by atoms with E-state index in [0.717, 1.165) is 16.6 Å². The molecule has 0 radical (unpaired) electrons. The van der Waals surface area contributed by atoms with Gasteiger partial charge in [-0.3, -0.25) is 0 Å². The number of alkyl halides is 1. The summed E-state index contributed by atoms with van der Waals surface area (Å²) in [6, 6.07) is 6.30. The van der Waals surface area contributed by atoms with E-state index in [0.29, 0.717) is 16.3 Å². The van der Waals surface area contributed by atoms with Crippen LogP contribution in [0.25, 0.3) is 0 Å². The molecule has 2 atom stereocenters. The summed E-state index contributed by atoms with van der Waals surface area (Å²) < 4.78 is 7.46. The minimum Gasteiger partial charge on any atom is -0.489 e. The molecule has 19 heavy (non-hydrogen) atoms. The van der Waals surface area contributed by atoms with Gasteiger partial charge in [0.05, 0.1) is 0 Å². The average Bonchev–Trinajstić information content (AvgIpc) is 2.43. The Morgan fingerprint density at radius 2 is 1.95 bits per heavy atom. The van der Waals surface area contributed by atoms with E-state index in [-0.39, 0.29) is 0 Å². The van der Waals surface area contributed by atoms with Crippen molar-refractivity contribution in [3.63, 3.8) is 0 Å². The molecule has 2 saturated carbocycles. The van der Waals surface area contributed by atoms with Crippen LogP contribution in [0.4, 0.5) is 0 Å². The second kappa shape index (κ2) is 5.40. The summed E-state index contributed by atoms with van der Waals surface area (Å²) in [5, 5.41) is 0. The van der Waals surface area contributed by atoms with E-state index in [9.17, 15) is 0 Å². The Morgan fingerprint density at radius 1 is 1.21 bits per heavy atom. The van der Waals surface area contributed by atoms with E-state index in [1.54, 1.807) is 0 Å².